The Labute approximate surface area is 137 Å². The van der Waals surface area contributed by atoms with E-state index in [1.54, 1.807) is 35.5 Å². The second kappa shape index (κ2) is 7.02. The highest BCUT2D eigenvalue weighted by Crippen LogP contribution is 2.16. The van der Waals surface area contributed by atoms with Crippen molar-refractivity contribution in [1.82, 2.24) is 9.78 Å². The lowest BCUT2D eigenvalue weighted by atomic mass is 10.2. The summed E-state index contributed by atoms with van der Waals surface area (Å²) in [5, 5.41) is 7.32. The zero-order chi connectivity index (χ0) is 16.1. The summed E-state index contributed by atoms with van der Waals surface area (Å²) in [5.41, 5.74) is 1.29. The van der Waals surface area contributed by atoms with Gasteiger partial charge in [0.05, 0.1) is 24.7 Å². The number of hydrogen-bond donors (Lipinski definition) is 1. The fraction of sp³-hybridized carbons (Fsp3) is 0.125. The van der Waals surface area contributed by atoms with Crippen LogP contribution in [-0.4, -0.2) is 15.9 Å². The van der Waals surface area contributed by atoms with Crippen molar-refractivity contribution in [2.45, 2.75) is 13.2 Å². The van der Waals surface area contributed by atoms with Crippen molar-refractivity contribution in [3.05, 3.63) is 71.4 Å². The summed E-state index contributed by atoms with van der Waals surface area (Å²) in [6.07, 6.45) is 4.27. The maximum absolute atomic E-state index is 11.8. The van der Waals surface area contributed by atoms with Crippen molar-refractivity contribution in [2.75, 3.05) is 5.32 Å². The Morgan fingerprint density at radius 1 is 1.30 bits per heavy atom. The molecule has 3 rings (SSSR count). The molecule has 0 aliphatic carbocycles. The summed E-state index contributed by atoms with van der Waals surface area (Å²) in [6, 6.07) is 10.9. The molecule has 0 unspecified atom stereocenters. The molecule has 0 bridgehead atoms. The first-order valence-corrected chi connectivity index (χ1v) is 7.30. The van der Waals surface area contributed by atoms with E-state index in [0.717, 1.165) is 11.3 Å². The van der Waals surface area contributed by atoms with Crippen LogP contribution in [0.4, 0.5) is 10.5 Å². The van der Waals surface area contributed by atoms with Crippen LogP contribution < -0.4 is 5.32 Å². The Hall–Kier alpha value is -2.73. The molecule has 0 radical (unpaired) electrons. The number of anilines is 1. The SMILES string of the molecule is O=C(Nc1cnn(Cc2ccco2)c1)OCc1ccccc1Cl. The molecule has 23 heavy (non-hydrogen) atoms. The van der Waals surface area contributed by atoms with Crippen molar-refractivity contribution >= 4 is 23.4 Å². The number of aromatic nitrogens is 2. The molecule has 0 atom stereocenters. The maximum Gasteiger partial charge on any atom is 0.412 e. The van der Waals surface area contributed by atoms with Gasteiger partial charge in [0, 0.05) is 16.8 Å². The average Bonchev–Trinajstić information content (AvgIpc) is 3.19. The number of carbonyl (C=O) groups excluding carboxylic acids is 1. The number of amides is 1. The Bertz CT molecular complexity index is 783. The van der Waals surface area contributed by atoms with E-state index in [9.17, 15) is 4.79 Å². The minimum absolute atomic E-state index is 0.103. The van der Waals surface area contributed by atoms with Gasteiger partial charge in [-0.05, 0) is 18.2 Å². The van der Waals surface area contributed by atoms with Crippen LogP contribution in [-0.2, 0) is 17.9 Å². The monoisotopic (exact) mass is 331 g/mol. The van der Waals surface area contributed by atoms with Gasteiger partial charge in [0.15, 0.2) is 0 Å². The molecular formula is C16H14ClN3O3. The molecule has 0 aliphatic heterocycles. The van der Waals surface area contributed by atoms with Crippen LogP contribution in [0.25, 0.3) is 0 Å². The van der Waals surface area contributed by atoms with Gasteiger partial charge in [-0.25, -0.2) is 4.79 Å². The quantitative estimate of drug-likeness (QED) is 0.769. The van der Waals surface area contributed by atoms with Crippen LogP contribution in [0.2, 0.25) is 5.02 Å². The maximum atomic E-state index is 11.8. The van der Waals surface area contributed by atoms with E-state index in [2.05, 4.69) is 10.4 Å². The summed E-state index contributed by atoms with van der Waals surface area (Å²) in [5.74, 6) is 0.779. The average molecular weight is 332 g/mol. The molecule has 1 aromatic carbocycles. The molecule has 1 amide bonds. The highest BCUT2D eigenvalue weighted by molar-refractivity contribution is 6.31. The lowest BCUT2D eigenvalue weighted by Crippen LogP contribution is -2.13. The number of nitrogens with one attached hydrogen (secondary N) is 1. The minimum Gasteiger partial charge on any atom is -0.467 e. The predicted molar refractivity (Wildman–Crippen MR) is 85.3 cm³/mol. The number of carbonyl (C=O) groups is 1. The Balaban J connectivity index is 1.52. The summed E-state index contributed by atoms with van der Waals surface area (Å²) >= 11 is 6.00. The van der Waals surface area contributed by atoms with Crippen molar-refractivity contribution < 1.29 is 13.9 Å². The van der Waals surface area contributed by atoms with Crippen LogP contribution in [0.5, 0.6) is 0 Å². The minimum atomic E-state index is -0.567. The first kappa shape index (κ1) is 15.2. The number of ether oxygens (including phenoxy) is 1. The fourth-order valence-electron chi connectivity index (χ4n) is 1.99. The van der Waals surface area contributed by atoms with Gasteiger partial charge in [-0.3, -0.25) is 10.00 Å². The molecule has 6 nitrogen and oxygen atoms in total. The van der Waals surface area contributed by atoms with Crippen LogP contribution in [0.15, 0.2) is 59.5 Å². The molecule has 1 N–H and O–H groups in total. The third-order valence-corrected chi connectivity index (χ3v) is 3.46. The Morgan fingerprint density at radius 2 is 2.17 bits per heavy atom. The smallest absolute Gasteiger partial charge is 0.412 e. The van der Waals surface area contributed by atoms with E-state index in [1.807, 2.05) is 24.3 Å². The van der Waals surface area contributed by atoms with Crippen LogP contribution >= 0.6 is 11.6 Å². The summed E-state index contributed by atoms with van der Waals surface area (Å²) < 4.78 is 12.0. The van der Waals surface area contributed by atoms with Crippen LogP contribution in [0, 0.1) is 0 Å². The summed E-state index contributed by atoms with van der Waals surface area (Å²) in [4.78, 5) is 11.8. The van der Waals surface area contributed by atoms with Crippen molar-refractivity contribution in [2.24, 2.45) is 0 Å². The van der Waals surface area contributed by atoms with Gasteiger partial charge in [0.1, 0.15) is 12.4 Å². The summed E-state index contributed by atoms with van der Waals surface area (Å²) in [7, 11) is 0. The number of benzene rings is 1. The van der Waals surface area contributed by atoms with Crippen LogP contribution in [0.1, 0.15) is 11.3 Å². The van der Waals surface area contributed by atoms with E-state index in [4.69, 9.17) is 20.8 Å². The normalized spacial score (nSPS) is 10.5. The second-order valence-corrected chi connectivity index (χ2v) is 5.21. The molecule has 2 heterocycles. The number of hydrogen-bond acceptors (Lipinski definition) is 4. The number of furan rings is 1. The van der Waals surface area contributed by atoms with E-state index in [1.165, 1.54) is 0 Å². The Morgan fingerprint density at radius 3 is 2.96 bits per heavy atom. The zero-order valence-corrected chi connectivity index (χ0v) is 12.9. The number of nitrogens with zero attached hydrogens (tertiary/aromatic N) is 2. The van der Waals surface area contributed by atoms with Gasteiger partial charge < -0.3 is 9.15 Å². The third-order valence-electron chi connectivity index (χ3n) is 3.09. The first-order chi connectivity index (χ1) is 11.2. The molecule has 118 valence electrons. The third kappa shape index (κ3) is 4.14. The molecule has 0 fully saturated rings. The molecule has 2 aromatic heterocycles. The van der Waals surface area contributed by atoms with Crippen molar-refractivity contribution in [1.29, 1.82) is 0 Å². The molecule has 0 saturated carbocycles. The Kier molecular flexibility index (Phi) is 4.63. The lowest BCUT2D eigenvalue weighted by Gasteiger charge is -2.06. The second-order valence-electron chi connectivity index (χ2n) is 4.80. The molecular weight excluding hydrogens is 318 g/mol. The molecule has 3 aromatic rings. The van der Waals surface area contributed by atoms with Gasteiger partial charge in [-0.1, -0.05) is 29.8 Å². The number of halogens is 1. The van der Waals surface area contributed by atoms with Gasteiger partial charge in [-0.15, -0.1) is 0 Å². The van der Waals surface area contributed by atoms with Crippen molar-refractivity contribution in [3.8, 4) is 0 Å². The molecule has 0 saturated heterocycles. The largest absolute Gasteiger partial charge is 0.467 e. The van der Waals surface area contributed by atoms with E-state index < -0.39 is 6.09 Å². The lowest BCUT2D eigenvalue weighted by molar-refractivity contribution is 0.155. The molecule has 7 heteroatoms. The fourth-order valence-corrected chi connectivity index (χ4v) is 2.18. The highest BCUT2D eigenvalue weighted by Gasteiger charge is 2.08. The van der Waals surface area contributed by atoms with E-state index in [-0.39, 0.29) is 6.61 Å². The van der Waals surface area contributed by atoms with Gasteiger partial charge in [-0.2, -0.15) is 5.10 Å². The first-order valence-electron chi connectivity index (χ1n) is 6.93. The highest BCUT2D eigenvalue weighted by atomic mass is 35.5. The van der Waals surface area contributed by atoms with Crippen LogP contribution in [0.3, 0.4) is 0 Å². The molecule has 0 aliphatic rings. The van der Waals surface area contributed by atoms with Crippen molar-refractivity contribution in [3.63, 3.8) is 0 Å². The predicted octanol–water partition coefficient (Wildman–Crippen LogP) is 3.93. The van der Waals surface area contributed by atoms with E-state index in [0.29, 0.717) is 17.3 Å². The summed E-state index contributed by atoms with van der Waals surface area (Å²) in [6.45, 7) is 0.593. The van der Waals surface area contributed by atoms with Gasteiger partial charge in [0.2, 0.25) is 0 Å². The molecule has 0 spiro atoms. The van der Waals surface area contributed by atoms with E-state index >= 15 is 0 Å². The standard InChI is InChI=1S/C16H14ClN3O3/c17-15-6-2-1-4-12(15)11-23-16(21)19-13-8-18-20(9-13)10-14-5-3-7-22-14/h1-9H,10-11H2,(H,19,21). The van der Waals surface area contributed by atoms with Gasteiger partial charge >= 0.3 is 6.09 Å². The number of rotatable bonds is 5. The van der Waals surface area contributed by atoms with Gasteiger partial charge in [0.25, 0.3) is 0 Å². The zero-order valence-electron chi connectivity index (χ0n) is 12.1. The topological polar surface area (TPSA) is 69.3 Å².